The van der Waals surface area contributed by atoms with E-state index in [1.54, 1.807) is 12.3 Å². The van der Waals surface area contributed by atoms with Crippen LogP contribution in [0.4, 0.5) is 0 Å². The number of methoxy groups -OCH3 is 1. The van der Waals surface area contributed by atoms with E-state index in [1.165, 1.54) is 7.11 Å². The van der Waals surface area contributed by atoms with Crippen molar-refractivity contribution in [2.75, 3.05) is 20.2 Å². The first-order valence-corrected chi connectivity index (χ1v) is 14.5. The number of hydrogen-bond acceptors (Lipinski definition) is 8. The minimum absolute atomic E-state index is 0.282. The summed E-state index contributed by atoms with van der Waals surface area (Å²) in [6.45, 7) is 6.38. The van der Waals surface area contributed by atoms with E-state index in [2.05, 4.69) is 31.1 Å². The molecule has 4 aromatic rings. The van der Waals surface area contributed by atoms with Crippen molar-refractivity contribution in [3.63, 3.8) is 0 Å². The smallest absolute Gasteiger partial charge is 0.337 e. The van der Waals surface area contributed by atoms with Crippen molar-refractivity contribution >= 4 is 34.8 Å². The molecule has 0 amide bonds. The van der Waals surface area contributed by atoms with Gasteiger partial charge in [-0.05, 0) is 74.8 Å². The highest BCUT2D eigenvalue weighted by Gasteiger charge is 2.23. The summed E-state index contributed by atoms with van der Waals surface area (Å²) in [6.07, 6.45) is 9.05. The largest absolute Gasteiger partial charge is 0.465 e. The number of allylic oxidation sites excluding steroid dienone is 2. The fraction of sp³-hybridized carbons (Fsp3) is 0.355. The Morgan fingerprint density at radius 2 is 1.95 bits per heavy atom. The maximum atomic E-state index is 12.3. The van der Waals surface area contributed by atoms with E-state index in [-0.39, 0.29) is 11.9 Å². The number of nitrogens with two attached hydrogens (primary N) is 1. The van der Waals surface area contributed by atoms with Crippen molar-refractivity contribution in [1.82, 2.24) is 24.0 Å². The van der Waals surface area contributed by atoms with Crippen LogP contribution in [-0.4, -0.2) is 56.4 Å². The third kappa shape index (κ3) is 7.00. The third-order valence-electron chi connectivity index (χ3n) is 7.68. The summed E-state index contributed by atoms with van der Waals surface area (Å²) < 4.78 is 9.26. The molecule has 10 nitrogen and oxygen atoms in total. The van der Waals surface area contributed by atoms with Crippen LogP contribution in [0.2, 0.25) is 5.02 Å². The highest BCUT2D eigenvalue weighted by molar-refractivity contribution is 6.30. The molecule has 0 aliphatic carbocycles. The predicted octanol–water partition coefficient (Wildman–Crippen LogP) is 5.00. The number of rotatable bonds is 11. The van der Waals surface area contributed by atoms with Crippen LogP contribution in [0, 0.1) is 5.92 Å². The molecule has 2 N–H and O–H groups in total. The lowest BCUT2D eigenvalue weighted by atomic mass is 9.93. The highest BCUT2D eigenvalue weighted by atomic mass is 35.5. The second-order valence-corrected chi connectivity index (χ2v) is 10.8. The standard InChI is InChI=1S/C31H36ClN7O3/c1-3-38-21-34-17-26(38)18-39-29-16-24(31(40)41-2)6-9-28(29)36-30(39)19-37-14-11-23(12-15-37)27(33)10-13-35-42-20-22-4-7-25(32)8-5-22/h4-10,13,16-17,21,23H,3,11-12,14-15,18-20,33H2,1-2H3/b27-10-,35-13+. The van der Waals surface area contributed by atoms with Gasteiger partial charge in [0.15, 0.2) is 0 Å². The topological polar surface area (TPSA) is 113 Å². The number of benzene rings is 2. The number of aryl methyl sites for hydroxylation is 1. The Labute approximate surface area is 250 Å². The molecule has 0 bridgehead atoms. The predicted molar refractivity (Wildman–Crippen MR) is 163 cm³/mol. The number of oxime groups is 1. The minimum Gasteiger partial charge on any atom is -0.465 e. The average Bonchev–Trinajstić information content (AvgIpc) is 3.61. The van der Waals surface area contributed by atoms with Crippen molar-refractivity contribution in [1.29, 1.82) is 0 Å². The van der Waals surface area contributed by atoms with Crippen LogP contribution in [0.3, 0.4) is 0 Å². The first-order valence-electron chi connectivity index (χ1n) is 14.1. The van der Waals surface area contributed by atoms with Crippen LogP contribution in [-0.2, 0) is 35.8 Å². The van der Waals surface area contributed by atoms with Gasteiger partial charge in [-0.25, -0.2) is 14.8 Å². The number of halogens is 1. The molecule has 220 valence electrons. The first-order chi connectivity index (χ1) is 20.4. The summed E-state index contributed by atoms with van der Waals surface area (Å²) in [5.74, 6) is 0.864. The molecule has 0 spiro atoms. The zero-order valence-electron chi connectivity index (χ0n) is 23.9. The fourth-order valence-electron chi connectivity index (χ4n) is 5.25. The third-order valence-corrected chi connectivity index (χ3v) is 7.93. The molecule has 1 fully saturated rings. The molecule has 5 rings (SSSR count). The van der Waals surface area contributed by atoms with Gasteiger partial charge in [-0.1, -0.05) is 28.9 Å². The van der Waals surface area contributed by atoms with Gasteiger partial charge in [0.05, 0.1) is 55.0 Å². The molecule has 2 aromatic heterocycles. The van der Waals surface area contributed by atoms with E-state index in [0.717, 1.165) is 66.3 Å². The number of carbonyl (C=O) groups is 1. The summed E-state index contributed by atoms with van der Waals surface area (Å²) in [7, 11) is 1.39. The molecule has 11 heteroatoms. The molecule has 2 aromatic carbocycles. The number of esters is 1. The Morgan fingerprint density at radius 1 is 1.17 bits per heavy atom. The molecule has 0 radical (unpaired) electrons. The molecule has 1 aliphatic rings. The Morgan fingerprint density at radius 3 is 2.69 bits per heavy atom. The van der Waals surface area contributed by atoms with Gasteiger partial charge in [-0.2, -0.15) is 0 Å². The van der Waals surface area contributed by atoms with Gasteiger partial charge in [-0.15, -0.1) is 0 Å². The van der Waals surface area contributed by atoms with Crippen molar-refractivity contribution in [3.05, 3.63) is 94.4 Å². The normalized spacial score (nSPS) is 15.1. The lowest BCUT2D eigenvalue weighted by molar-refractivity contribution is 0.0601. The highest BCUT2D eigenvalue weighted by Crippen LogP contribution is 2.25. The summed E-state index contributed by atoms with van der Waals surface area (Å²) in [5.41, 5.74) is 11.5. The number of fused-ring (bicyclic) bond motifs is 1. The number of carbonyl (C=O) groups excluding carboxylic acids is 1. The van der Waals surface area contributed by atoms with Crippen molar-refractivity contribution < 1.29 is 14.4 Å². The van der Waals surface area contributed by atoms with Crippen molar-refractivity contribution in [3.8, 4) is 0 Å². The minimum atomic E-state index is -0.365. The number of piperidine rings is 1. The van der Waals surface area contributed by atoms with Crippen molar-refractivity contribution in [2.24, 2.45) is 16.8 Å². The van der Waals surface area contributed by atoms with Gasteiger partial charge in [0, 0.05) is 29.4 Å². The molecule has 3 heterocycles. The Hall–Kier alpha value is -4.15. The lowest BCUT2D eigenvalue weighted by Crippen LogP contribution is -2.35. The lowest BCUT2D eigenvalue weighted by Gasteiger charge is -2.32. The summed E-state index contributed by atoms with van der Waals surface area (Å²) >= 11 is 5.92. The van der Waals surface area contributed by atoms with E-state index < -0.39 is 0 Å². The monoisotopic (exact) mass is 589 g/mol. The number of hydrogen-bond donors (Lipinski definition) is 1. The summed E-state index contributed by atoms with van der Waals surface area (Å²) in [5, 5.41) is 4.71. The Bertz CT molecular complexity index is 1570. The van der Waals surface area contributed by atoms with Gasteiger partial charge in [0.1, 0.15) is 12.4 Å². The molecule has 1 saturated heterocycles. The van der Waals surface area contributed by atoms with Crippen LogP contribution >= 0.6 is 11.6 Å². The number of aromatic nitrogens is 4. The molecular weight excluding hydrogens is 554 g/mol. The zero-order valence-corrected chi connectivity index (χ0v) is 24.7. The van der Waals surface area contributed by atoms with Crippen LogP contribution in [0.1, 0.15) is 47.2 Å². The molecule has 0 atom stereocenters. The van der Waals surface area contributed by atoms with Crippen molar-refractivity contribution in [2.45, 2.75) is 46.0 Å². The first kappa shape index (κ1) is 29.3. The van der Waals surface area contributed by atoms with E-state index in [0.29, 0.717) is 30.3 Å². The van der Waals surface area contributed by atoms with E-state index in [1.807, 2.05) is 55.0 Å². The Kier molecular flexibility index (Phi) is 9.55. The molecule has 0 saturated carbocycles. The fourth-order valence-corrected chi connectivity index (χ4v) is 5.38. The van der Waals surface area contributed by atoms with Crippen LogP contribution in [0.5, 0.6) is 0 Å². The number of imidazole rings is 2. The quantitative estimate of drug-likeness (QED) is 0.149. The van der Waals surface area contributed by atoms with E-state index in [9.17, 15) is 4.79 Å². The maximum Gasteiger partial charge on any atom is 0.337 e. The van der Waals surface area contributed by atoms with Gasteiger partial charge in [0.25, 0.3) is 0 Å². The van der Waals surface area contributed by atoms with Gasteiger partial charge in [0.2, 0.25) is 0 Å². The SMILES string of the molecule is CCn1cncc1Cn1c(CN2CCC(/C(N)=C/C=N/OCc3ccc(Cl)cc3)CC2)nc2ccc(C(=O)OC)cc21. The zero-order chi connectivity index (χ0) is 29.5. The number of nitrogens with zero attached hydrogens (tertiary/aromatic N) is 6. The summed E-state index contributed by atoms with van der Waals surface area (Å²) in [4.78, 5) is 29.3. The average molecular weight is 590 g/mol. The van der Waals surface area contributed by atoms with Gasteiger partial charge in [-0.3, -0.25) is 4.90 Å². The number of likely N-dealkylation sites (tertiary alicyclic amines) is 1. The van der Waals surface area contributed by atoms with E-state index >= 15 is 0 Å². The van der Waals surface area contributed by atoms with Crippen LogP contribution in [0.25, 0.3) is 11.0 Å². The number of ether oxygens (including phenoxy) is 1. The second kappa shape index (κ2) is 13.7. The second-order valence-electron chi connectivity index (χ2n) is 10.4. The van der Waals surface area contributed by atoms with Gasteiger partial charge >= 0.3 is 5.97 Å². The molecule has 0 unspecified atom stereocenters. The van der Waals surface area contributed by atoms with Crippen LogP contribution < -0.4 is 5.73 Å². The van der Waals surface area contributed by atoms with E-state index in [4.69, 9.17) is 31.9 Å². The summed E-state index contributed by atoms with van der Waals surface area (Å²) in [6, 6.07) is 13.0. The molecular formula is C31H36ClN7O3. The van der Waals surface area contributed by atoms with Gasteiger partial charge < -0.3 is 24.4 Å². The van der Waals surface area contributed by atoms with Crippen LogP contribution in [0.15, 0.2) is 71.9 Å². The molecule has 1 aliphatic heterocycles. The maximum absolute atomic E-state index is 12.3. The Balaban J connectivity index is 1.23. The molecule has 42 heavy (non-hydrogen) atoms.